The van der Waals surface area contributed by atoms with Gasteiger partial charge < -0.3 is 10.2 Å². The number of likely N-dealkylation sites (tertiary alicyclic amines) is 1. The van der Waals surface area contributed by atoms with E-state index in [2.05, 4.69) is 24.1 Å². The summed E-state index contributed by atoms with van der Waals surface area (Å²) >= 11 is 0. The van der Waals surface area contributed by atoms with Gasteiger partial charge in [0.2, 0.25) is 0 Å². The predicted molar refractivity (Wildman–Crippen MR) is 85.0 cm³/mol. The van der Waals surface area contributed by atoms with Gasteiger partial charge in [0.05, 0.1) is 0 Å². The quantitative estimate of drug-likeness (QED) is 0.865. The monoisotopic (exact) mass is 305 g/mol. The molecule has 0 atom stereocenters. The zero-order valence-electron chi connectivity index (χ0n) is 13.6. The van der Waals surface area contributed by atoms with Crippen molar-refractivity contribution in [3.63, 3.8) is 0 Å². The smallest absolute Gasteiger partial charge is 0.332 e. The number of nitrogens with one attached hydrogen (secondary N) is 1. The van der Waals surface area contributed by atoms with E-state index in [-0.39, 0.29) is 11.6 Å². The zero-order valence-corrected chi connectivity index (χ0v) is 13.6. The summed E-state index contributed by atoms with van der Waals surface area (Å²) in [7, 11) is 2.96. The molecule has 1 fully saturated rings. The first-order chi connectivity index (χ1) is 10.4. The van der Waals surface area contributed by atoms with Crippen LogP contribution in [0.1, 0.15) is 32.3 Å². The summed E-state index contributed by atoms with van der Waals surface area (Å²) in [5.41, 5.74) is -0.977. The van der Waals surface area contributed by atoms with Crippen molar-refractivity contribution in [1.29, 1.82) is 5.26 Å². The molecular formula is C15H23N5O2. The Balaban J connectivity index is 2.27. The summed E-state index contributed by atoms with van der Waals surface area (Å²) in [6, 6.07) is 2.61. The van der Waals surface area contributed by atoms with Crippen molar-refractivity contribution in [2.24, 2.45) is 14.1 Å². The van der Waals surface area contributed by atoms with Crippen LogP contribution in [0.4, 0.5) is 5.82 Å². The molecule has 2 heterocycles. The van der Waals surface area contributed by atoms with E-state index < -0.39 is 11.2 Å². The largest absolute Gasteiger partial charge is 0.367 e. The molecule has 1 aliphatic heterocycles. The minimum absolute atomic E-state index is 0.00381. The Bertz CT molecular complexity index is 702. The van der Waals surface area contributed by atoms with E-state index in [0.717, 1.165) is 30.5 Å². The molecule has 0 amide bonds. The van der Waals surface area contributed by atoms with Crippen molar-refractivity contribution in [2.75, 3.05) is 18.4 Å². The van der Waals surface area contributed by atoms with Crippen LogP contribution in [-0.4, -0.2) is 39.2 Å². The van der Waals surface area contributed by atoms with Gasteiger partial charge in [0.1, 0.15) is 11.9 Å². The number of rotatable bonds is 3. The van der Waals surface area contributed by atoms with Gasteiger partial charge in [-0.25, -0.2) is 4.79 Å². The Labute approximate surface area is 129 Å². The Kier molecular flexibility index (Phi) is 4.71. The van der Waals surface area contributed by atoms with E-state index in [9.17, 15) is 14.9 Å². The predicted octanol–water partition coefficient (Wildman–Crippen LogP) is 0.240. The molecule has 1 aliphatic rings. The Morgan fingerprint density at radius 3 is 2.27 bits per heavy atom. The summed E-state index contributed by atoms with van der Waals surface area (Å²) in [5, 5.41) is 12.5. The Morgan fingerprint density at radius 2 is 1.77 bits per heavy atom. The number of hydrogen-bond acceptors (Lipinski definition) is 5. The third kappa shape index (κ3) is 2.92. The second kappa shape index (κ2) is 6.36. The van der Waals surface area contributed by atoms with E-state index in [1.807, 2.05) is 6.07 Å². The maximum atomic E-state index is 12.1. The maximum absolute atomic E-state index is 12.1. The second-order valence-electron chi connectivity index (χ2n) is 6.09. The van der Waals surface area contributed by atoms with Crippen LogP contribution in [0, 0.1) is 11.3 Å². The lowest BCUT2D eigenvalue weighted by Crippen LogP contribution is -2.45. The first-order valence-corrected chi connectivity index (χ1v) is 7.57. The molecule has 2 rings (SSSR count). The number of piperidine rings is 1. The highest BCUT2D eigenvalue weighted by Gasteiger charge is 2.23. The highest BCUT2D eigenvalue weighted by molar-refractivity contribution is 5.51. The normalized spacial score (nSPS) is 16.7. The fourth-order valence-electron chi connectivity index (χ4n) is 2.87. The van der Waals surface area contributed by atoms with Gasteiger partial charge in [-0.2, -0.15) is 5.26 Å². The van der Waals surface area contributed by atoms with Crippen LogP contribution in [0.25, 0.3) is 0 Å². The molecule has 7 nitrogen and oxygen atoms in total. The molecule has 0 bridgehead atoms. The van der Waals surface area contributed by atoms with Crippen LogP contribution in [0.2, 0.25) is 0 Å². The van der Waals surface area contributed by atoms with E-state index in [0.29, 0.717) is 11.9 Å². The Morgan fingerprint density at radius 1 is 1.18 bits per heavy atom. The summed E-state index contributed by atoms with van der Waals surface area (Å²) in [6.07, 6.45) is 1.85. The highest BCUT2D eigenvalue weighted by Crippen LogP contribution is 2.18. The van der Waals surface area contributed by atoms with E-state index >= 15 is 0 Å². The number of anilines is 1. The van der Waals surface area contributed by atoms with Gasteiger partial charge in [-0.05, 0) is 26.7 Å². The minimum atomic E-state index is -0.548. The molecule has 0 aromatic carbocycles. The van der Waals surface area contributed by atoms with Gasteiger partial charge in [-0.1, -0.05) is 0 Å². The van der Waals surface area contributed by atoms with Crippen molar-refractivity contribution < 1.29 is 0 Å². The SMILES string of the molecule is CC(C)N1CCC(Nc2c(C#N)c(=O)n(C)c(=O)n2C)CC1. The molecule has 1 aromatic rings. The first-order valence-electron chi connectivity index (χ1n) is 7.57. The zero-order chi connectivity index (χ0) is 16.4. The van der Waals surface area contributed by atoms with Gasteiger partial charge in [0.15, 0.2) is 5.56 Å². The molecular weight excluding hydrogens is 282 g/mol. The molecule has 0 saturated carbocycles. The van der Waals surface area contributed by atoms with E-state index in [1.54, 1.807) is 7.05 Å². The van der Waals surface area contributed by atoms with E-state index in [4.69, 9.17) is 0 Å². The summed E-state index contributed by atoms with van der Waals surface area (Å²) in [5.74, 6) is 0.332. The molecule has 1 saturated heterocycles. The average Bonchev–Trinajstić information content (AvgIpc) is 2.51. The van der Waals surface area contributed by atoms with Gasteiger partial charge in [-0.15, -0.1) is 0 Å². The lowest BCUT2D eigenvalue weighted by atomic mass is 10.0. The molecule has 7 heteroatoms. The maximum Gasteiger partial charge on any atom is 0.332 e. The summed E-state index contributed by atoms with van der Waals surface area (Å²) in [4.78, 5) is 26.5. The van der Waals surface area contributed by atoms with E-state index in [1.165, 1.54) is 11.6 Å². The Hall–Kier alpha value is -2.07. The van der Waals surface area contributed by atoms with Crippen molar-refractivity contribution >= 4 is 5.82 Å². The fourth-order valence-corrected chi connectivity index (χ4v) is 2.87. The number of nitrogens with zero attached hydrogens (tertiary/aromatic N) is 4. The standard InChI is InChI=1S/C15H23N5O2/c1-10(2)20-7-5-11(6-8-20)17-13-12(9-16)14(21)19(4)15(22)18(13)3/h10-11,17H,5-8H2,1-4H3. The van der Waals surface area contributed by atoms with Gasteiger partial charge in [0, 0.05) is 39.3 Å². The van der Waals surface area contributed by atoms with Crippen molar-refractivity contribution in [1.82, 2.24) is 14.0 Å². The van der Waals surface area contributed by atoms with Crippen molar-refractivity contribution in [2.45, 2.75) is 38.8 Å². The van der Waals surface area contributed by atoms with Crippen LogP contribution in [0.3, 0.4) is 0 Å². The van der Waals surface area contributed by atoms with Crippen LogP contribution in [0.5, 0.6) is 0 Å². The van der Waals surface area contributed by atoms with Crippen LogP contribution in [-0.2, 0) is 14.1 Å². The lowest BCUT2D eigenvalue weighted by Gasteiger charge is -2.35. The highest BCUT2D eigenvalue weighted by atomic mass is 16.2. The minimum Gasteiger partial charge on any atom is -0.367 e. The molecule has 0 unspecified atom stereocenters. The summed E-state index contributed by atoms with van der Waals surface area (Å²) in [6.45, 7) is 6.28. The van der Waals surface area contributed by atoms with Crippen molar-refractivity contribution in [3.05, 3.63) is 26.4 Å². The van der Waals surface area contributed by atoms with Crippen LogP contribution >= 0.6 is 0 Å². The number of hydrogen-bond donors (Lipinski definition) is 1. The summed E-state index contributed by atoms with van der Waals surface area (Å²) < 4.78 is 2.31. The number of aromatic nitrogens is 2. The topological polar surface area (TPSA) is 83.1 Å². The van der Waals surface area contributed by atoms with Crippen LogP contribution in [0.15, 0.2) is 9.59 Å². The van der Waals surface area contributed by atoms with Gasteiger partial charge in [0.25, 0.3) is 5.56 Å². The molecule has 0 spiro atoms. The molecule has 1 N–H and O–H groups in total. The average molecular weight is 305 g/mol. The second-order valence-corrected chi connectivity index (χ2v) is 6.09. The molecule has 0 aliphatic carbocycles. The molecule has 120 valence electrons. The fraction of sp³-hybridized carbons (Fsp3) is 0.667. The van der Waals surface area contributed by atoms with Crippen molar-refractivity contribution in [3.8, 4) is 6.07 Å². The van der Waals surface area contributed by atoms with Gasteiger partial charge >= 0.3 is 5.69 Å². The molecule has 0 radical (unpaired) electrons. The number of nitriles is 1. The molecule has 1 aromatic heterocycles. The van der Waals surface area contributed by atoms with Gasteiger partial charge in [-0.3, -0.25) is 13.9 Å². The molecule has 22 heavy (non-hydrogen) atoms. The lowest BCUT2D eigenvalue weighted by molar-refractivity contribution is 0.177. The first kappa shape index (κ1) is 16.3. The third-order valence-electron chi connectivity index (χ3n) is 4.38. The van der Waals surface area contributed by atoms with Crippen LogP contribution < -0.4 is 16.6 Å². The third-order valence-corrected chi connectivity index (χ3v) is 4.38.